The van der Waals surface area contributed by atoms with Crippen LogP contribution in [0.5, 0.6) is 11.5 Å². The van der Waals surface area contributed by atoms with Gasteiger partial charge in [0, 0.05) is 31.3 Å². The van der Waals surface area contributed by atoms with Gasteiger partial charge in [-0.25, -0.2) is 0 Å². The number of hydrogen-bond donors (Lipinski definition) is 0. The molecule has 1 fully saturated rings. The third-order valence-corrected chi connectivity index (χ3v) is 4.30. The summed E-state index contributed by atoms with van der Waals surface area (Å²) in [4.78, 5) is 28.5. The molecule has 2 amide bonds. The Labute approximate surface area is 145 Å². The molecule has 1 aromatic carbocycles. The maximum absolute atomic E-state index is 12.8. The summed E-state index contributed by atoms with van der Waals surface area (Å²) in [6, 6.07) is 7.95. The van der Waals surface area contributed by atoms with Crippen LogP contribution in [0.25, 0.3) is 0 Å². The molecular weight excluding hydrogens is 324 g/mol. The molecule has 2 heterocycles. The molecule has 7 heteroatoms. The molecule has 1 saturated heterocycles. The van der Waals surface area contributed by atoms with E-state index >= 15 is 0 Å². The molecule has 2 aromatic rings. The molecule has 25 heavy (non-hydrogen) atoms. The van der Waals surface area contributed by atoms with Gasteiger partial charge in [0.1, 0.15) is 17.5 Å². The summed E-state index contributed by atoms with van der Waals surface area (Å²) in [5.74, 6) is 0.985. The van der Waals surface area contributed by atoms with Gasteiger partial charge in [0.2, 0.25) is 5.91 Å². The molecule has 1 atom stereocenters. The number of piperazine rings is 1. The zero-order valence-corrected chi connectivity index (χ0v) is 14.4. The Kier molecular flexibility index (Phi) is 4.65. The first-order valence-electron chi connectivity index (χ1n) is 7.94. The third kappa shape index (κ3) is 3.17. The van der Waals surface area contributed by atoms with E-state index in [0.717, 1.165) is 0 Å². The van der Waals surface area contributed by atoms with Crippen LogP contribution >= 0.6 is 0 Å². The number of carbonyl (C=O) groups excluding carboxylic acids is 2. The highest BCUT2D eigenvalue weighted by molar-refractivity contribution is 6.02. The van der Waals surface area contributed by atoms with Gasteiger partial charge in [-0.15, -0.1) is 0 Å². The van der Waals surface area contributed by atoms with Gasteiger partial charge in [-0.1, -0.05) is 0 Å². The van der Waals surface area contributed by atoms with E-state index in [2.05, 4.69) is 0 Å². The van der Waals surface area contributed by atoms with Crippen molar-refractivity contribution in [3.8, 4) is 11.5 Å². The van der Waals surface area contributed by atoms with Crippen LogP contribution in [0.2, 0.25) is 0 Å². The smallest absolute Gasteiger partial charge is 0.290 e. The molecule has 0 bridgehead atoms. The van der Waals surface area contributed by atoms with E-state index < -0.39 is 6.04 Å². The van der Waals surface area contributed by atoms with Crippen LogP contribution in [0.1, 0.15) is 17.5 Å². The van der Waals surface area contributed by atoms with E-state index in [4.69, 9.17) is 13.9 Å². The molecule has 0 saturated carbocycles. The molecule has 1 unspecified atom stereocenters. The highest BCUT2D eigenvalue weighted by Gasteiger charge is 2.36. The molecule has 0 aliphatic carbocycles. The topological polar surface area (TPSA) is 72.2 Å². The second kappa shape index (κ2) is 6.88. The maximum atomic E-state index is 12.8. The SMILES string of the molecule is COc1cc(OC)cc(N2CCN(C(=O)c3ccco3)C(C)C2=O)c1. The highest BCUT2D eigenvalue weighted by atomic mass is 16.5. The molecule has 7 nitrogen and oxygen atoms in total. The van der Waals surface area contributed by atoms with Gasteiger partial charge >= 0.3 is 0 Å². The lowest BCUT2D eigenvalue weighted by molar-refractivity contribution is -0.124. The van der Waals surface area contributed by atoms with Crippen molar-refractivity contribution in [2.24, 2.45) is 0 Å². The van der Waals surface area contributed by atoms with Crippen LogP contribution in [0.15, 0.2) is 41.0 Å². The standard InChI is InChI=1S/C18H20N2O5/c1-12-17(21)20(13-9-14(23-2)11-15(10-13)24-3)7-6-19(12)18(22)16-5-4-8-25-16/h4-5,8-12H,6-7H2,1-3H3. The van der Waals surface area contributed by atoms with Crippen LogP contribution in [-0.2, 0) is 4.79 Å². The molecule has 1 aliphatic rings. The number of amides is 2. The normalized spacial score (nSPS) is 17.6. The molecule has 3 rings (SSSR count). The molecule has 1 aliphatic heterocycles. The van der Waals surface area contributed by atoms with Crippen molar-refractivity contribution >= 4 is 17.5 Å². The first-order chi connectivity index (χ1) is 12.0. The minimum absolute atomic E-state index is 0.165. The summed E-state index contributed by atoms with van der Waals surface area (Å²) in [5.41, 5.74) is 0.679. The van der Waals surface area contributed by atoms with Crippen molar-refractivity contribution in [2.75, 3.05) is 32.2 Å². The van der Waals surface area contributed by atoms with Gasteiger partial charge in [0.05, 0.1) is 26.2 Å². The average Bonchev–Trinajstić information content (AvgIpc) is 3.17. The Bertz CT molecular complexity index is 750. The van der Waals surface area contributed by atoms with Crippen molar-refractivity contribution in [2.45, 2.75) is 13.0 Å². The van der Waals surface area contributed by atoms with E-state index in [9.17, 15) is 9.59 Å². The number of nitrogens with zero attached hydrogens (tertiary/aromatic N) is 2. The number of anilines is 1. The van der Waals surface area contributed by atoms with E-state index in [1.54, 1.807) is 56.4 Å². The lowest BCUT2D eigenvalue weighted by atomic mass is 10.1. The zero-order chi connectivity index (χ0) is 18.0. The lowest BCUT2D eigenvalue weighted by Crippen LogP contribution is -2.57. The number of hydrogen-bond acceptors (Lipinski definition) is 5. The Morgan fingerprint density at radius 3 is 2.40 bits per heavy atom. The highest BCUT2D eigenvalue weighted by Crippen LogP contribution is 2.30. The van der Waals surface area contributed by atoms with Gasteiger partial charge in [-0.3, -0.25) is 9.59 Å². The second-order valence-corrected chi connectivity index (χ2v) is 5.71. The minimum Gasteiger partial charge on any atom is -0.497 e. The maximum Gasteiger partial charge on any atom is 0.290 e. The average molecular weight is 344 g/mol. The van der Waals surface area contributed by atoms with Crippen LogP contribution in [0, 0.1) is 0 Å². The van der Waals surface area contributed by atoms with Gasteiger partial charge in [0.25, 0.3) is 5.91 Å². The quantitative estimate of drug-likeness (QED) is 0.850. The van der Waals surface area contributed by atoms with Gasteiger partial charge < -0.3 is 23.7 Å². The number of carbonyl (C=O) groups is 2. The van der Waals surface area contributed by atoms with E-state index in [-0.39, 0.29) is 17.6 Å². The first kappa shape index (κ1) is 16.9. The summed E-state index contributed by atoms with van der Waals surface area (Å²) >= 11 is 0. The van der Waals surface area contributed by atoms with Crippen molar-refractivity contribution < 1.29 is 23.5 Å². The molecule has 0 radical (unpaired) electrons. The summed E-state index contributed by atoms with van der Waals surface area (Å²) in [6.07, 6.45) is 1.44. The zero-order valence-electron chi connectivity index (χ0n) is 14.4. The van der Waals surface area contributed by atoms with Gasteiger partial charge in [-0.2, -0.15) is 0 Å². The Morgan fingerprint density at radius 2 is 1.84 bits per heavy atom. The van der Waals surface area contributed by atoms with Crippen LogP contribution < -0.4 is 14.4 Å². The first-order valence-corrected chi connectivity index (χ1v) is 7.94. The molecular formula is C18H20N2O5. The molecule has 132 valence electrons. The Morgan fingerprint density at radius 1 is 1.16 bits per heavy atom. The molecule has 1 aromatic heterocycles. The summed E-state index contributed by atoms with van der Waals surface area (Å²) in [7, 11) is 3.12. The van der Waals surface area contributed by atoms with E-state index in [0.29, 0.717) is 30.3 Å². The molecule has 0 spiro atoms. The summed E-state index contributed by atoms with van der Waals surface area (Å²) in [5, 5.41) is 0. The largest absolute Gasteiger partial charge is 0.497 e. The van der Waals surface area contributed by atoms with Crippen LogP contribution in [0.4, 0.5) is 5.69 Å². The minimum atomic E-state index is -0.594. The summed E-state index contributed by atoms with van der Waals surface area (Å²) in [6.45, 7) is 2.50. The predicted octanol–water partition coefficient (Wildman–Crippen LogP) is 2.17. The Balaban J connectivity index is 1.83. The van der Waals surface area contributed by atoms with E-state index in [1.165, 1.54) is 11.2 Å². The number of methoxy groups -OCH3 is 2. The predicted molar refractivity (Wildman–Crippen MR) is 91.1 cm³/mol. The van der Waals surface area contributed by atoms with Crippen molar-refractivity contribution in [1.82, 2.24) is 4.90 Å². The number of benzene rings is 1. The third-order valence-electron chi connectivity index (χ3n) is 4.30. The van der Waals surface area contributed by atoms with Crippen LogP contribution in [0.3, 0.4) is 0 Å². The molecule has 0 N–H and O–H groups in total. The van der Waals surface area contributed by atoms with Crippen molar-refractivity contribution in [1.29, 1.82) is 0 Å². The fourth-order valence-corrected chi connectivity index (χ4v) is 2.89. The van der Waals surface area contributed by atoms with E-state index in [1.807, 2.05) is 0 Å². The van der Waals surface area contributed by atoms with Gasteiger partial charge in [0.15, 0.2) is 5.76 Å². The monoisotopic (exact) mass is 344 g/mol. The Hall–Kier alpha value is -2.96. The number of ether oxygens (including phenoxy) is 2. The second-order valence-electron chi connectivity index (χ2n) is 5.71. The number of furan rings is 1. The van der Waals surface area contributed by atoms with Gasteiger partial charge in [-0.05, 0) is 19.1 Å². The lowest BCUT2D eigenvalue weighted by Gasteiger charge is -2.38. The summed E-state index contributed by atoms with van der Waals surface area (Å²) < 4.78 is 15.7. The number of rotatable bonds is 4. The van der Waals surface area contributed by atoms with Crippen LogP contribution in [-0.4, -0.2) is 50.1 Å². The van der Waals surface area contributed by atoms with Crippen molar-refractivity contribution in [3.05, 3.63) is 42.4 Å². The fraction of sp³-hybridized carbons (Fsp3) is 0.333. The fourth-order valence-electron chi connectivity index (χ4n) is 2.89. The van der Waals surface area contributed by atoms with Crippen molar-refractivity contribution in [3.63, 3.8) is 0 Å².